The van der Waals surface area contributed by atoms with Gasteiger partial charge in [0.1, 0.15) is 11.6 Å². The van der Waals surface area contributed by atoms with Crippen molar-refractivity contribution in [3.63, 3.8) is 0 Å². The van der Waals surface area contributed by atoms with Crippen LogP contribution in [0.15, 0.2) is 109 Å². The molecule has 0 fully saturated rings. The van der Waals surface area contributed by atoms with Gasteiger partial charge in [-0.15, -0.1) is 0 Å². The van der Waals surface area contributed by atoms with Crippen LogP contribution in [0.1, 0.15) is 5.56 Å². The van der Waals surface area contributed by atoms with E-state index in [4.69, 9.17) is 4.98 Å². The molecule has 0 radical (unpaired) electrons. The van der Waals surface area contributed by atoms with E-state index in [0.717, 1.165) is 33.7 Å². The normalized spacial score (nSPS) is 11.5. The van der Waals surface area contributed by atoms with Crippen LogP contribution in [-0.2, 0) is 0 Å². The Hall–Kier alpha value is -4.88. The van der Waals surface area contributed by atoms with Gasteiger partial charge in [0.25, 0.3) is 0 Å². The van der Waals surface area contributed by atoms with E-state index < -0.39 is 0 Å². The van der Waals surface area contributed by atoms with E-state index in [-0.39, 0.29) is 0 Å². The van der Waals surface area contributed by atoms with Gasteiger partial charge < -0.3 is 0 Å². The average Bonchev–Trinajstić information content (AvgIpc) is 3.42. The van der Waals surface area contributed by atoms with Crippen LogP contribution in [0, 0.1) is 11.3 Å². The molecule has 0 bridgehead atoms. The molecular weight excluding hydrogens is 416 g/mol. The molecule has 4 heteroatoms. The summed E-state index contributed by atoms with van der Waals surface area (Å²) < 4.78 is 4.31. The van der Waals surface area contributed by atoms with Gasteiger partial charge in [0, 0.05) is 21.5 Å². The fraction of sp³-hybridized carbons (Fsp3) is 0. The topological polar surface area (TPSA) is 46.5 Å². The standard InChI is InChI=1S/C30H18N4/c31-19-20-17-29(33-25-13-5-1-9-21(25)22-10-2-6-14-26(22)33)32-30(18-20)34-27-15-7-3-11-23(27)24-12-4-8-16-28(24)34/h1-18H. The first-order chi connectivity index (χ1) is 16.8. The number of aromatic nitrogens is 3. The van der Waals surface area contributed by atoms with Gasteiger partial charge >= 0.3 is 0 Å². The van der Waals surface area contributed by atoms with E-state index in [9.17, 15) is 5.26 Å². The second-order valence-corrected chi connectivity index (χ2v) is 8.42. The Morgan fingerprint density at radius 2 is 0.824 bits per heavy atom. The fourth-order valence-electron chi connectivity index (χ4n) is 5.13. The SMILES string of the molecule is N#Cc1cc(-n2c3ccccc3c3ccccc32)nc(-n2c3ccccc3c3ccccc32)c1. The maximum atomic E-state index is 9.94. The van der Waals surface area contributed by atoms with Crippen LogP contribution in [0.25, 0.3) is 55.2 Å². The van der Waals surface area contributed by atoms with Crippen molar-refractivity contribution in [2.24, 2.45) is 0 Å². The highest BCUT2D eigenvalue weighted by molar-refractivity contribution is 6.10. The molecule has 7 aromatic rings. The summed E-state index contributed by atoms with van der Waals surface area (Å²) in [6.45, 7) is 0. The van der Waals surface area contributed by atoms with E-state index in [2.05, 4.69) is 88.0 Å². The summed E-state index contributed by atoms with van der Waals surface area (Å²) >= 11 is 0. The smallest absolute Gasteiger partial charge is 0.141 e. The number of hydrogen-bond donors (Lipinski definition) is 0. The van der Waals surface area contributed by atoms with Crippen molar-refractivity contribution in [1.82, 2.24) is 14.1 Å². The number of hydrogen-bond acceptors (Lipinski definition) is 2. The molecule has 0 saturated heterocycles. The lowest BCUT2D eigenvalue weighted by atomic mass is 10.2. The molecule has 3 aromatic heterocycles. The van der Waals surface area contributed by atoms with Gasteiger partial charge in [-0.2, -0.15) is 5.26 Å². The van der Waals surface area contributed by atoms with Gasteiger partial charge in [-0.25, -0.2) is 4.98 Å². The number of nitriles is 1. The van der Waals surface area contributed by atoms with Gasteiger partial charge in [-0.3, -0.25) is 9.13 Å². The maximum absolute atomic E-state index is 9.94. The second kappa shape index (κ2) is 7.06. The molecule has 4 aromatic carbocycles. The number of nitrogens with zero attached hydrogens (tertiary/aromatic N) is 4. The molecule has 0 atom stereocenters. The monoisotopic (exact) mass is 434 g/mol. The zero-order chi connectivity index (χ0) is 22.6. The van der Waals surface area contributed by atoms with Crippen LogP contribution in [0.5, 0.6) is 0 Å². The number of benzene rings is 4. The van der Waals surface area contributed by atoms with Crippen molar-refractivity contribution in [1.29, 1.82) is 5.26 Å². The molecule has 0 saturated carbocycles. The molecule has 4 nitrogen and oxygen atoms in total. The molecule has 0 unspecified atom stereocenters. The minimum atomic E-state index is 0.573. The van der Waals surface area contributed by atoms with Crippen LogP contribution in [0.2, 0.25) is 0 Å². The van der Waals surface area contributed by atoms with Gasteiger partial charge in [0.2, 0.25) is 0 Å². The highest BCUT2D eigenvalue weighted by atomic mass is 15.1. The lowest BCUT2D eigenvalue weighted by molar-refractivity contribution is 1.01. The average molecular weight is 435 g/mol. The second-order valence-electron chi connectivity index (χ2n) is 8.42. The van der Waals surface area contributed by atoms with Crippen molar-refractivity contribution in [3.05, 3.63) is 115 Å². The molecule has 0 aliphatic rings. The predicted octanol–water partition coefficient (Wildman–Crippen LogP) is 7.15. The highest BCUT2D eigenvalue weighted by Gasteiger charge is 2.17. The summed E-state index contributed by atoms with van der Waals surface area (Å²) in [6.07, 6.45) is 0. The Balaban J connectivity index is 1.60. The van der Waals surface area contributed by atoms with E-state index in [1.807, 2.05) is 36.4 Å². The van der Waals surface area contributed by atoms with Crippen molar-refractivity contribution < 1.29 is 0 Å². The third-order valence-corrected chi connectivity index (χ3v) is 6.55. The molecule has 0 aliphatic heterocycles. The Morgan fingerprint density at radius 3 is 1.15 bits per heavy atom. The quantitative estimate of drug-likeness (QED) is 0.290. The summed E-state index contributed by atoms with van der Waals surface area (Å²) in [5, 5.41) is 14.6. The van der Waals surface area contributed by atoms with Crippen molar-refractivity contribution in [3.8, 4) is 17.7 Å². The number of rotatable bonds is 2. The van der Waals surface area contributed by atoms with E-state index >= 15 is 0 Å². The van der Waals surface area contributed by atoms with Crippen LogP contribution >= 0.6 is 0 Å². The first kappa shape index (κ1) is 18.7. The summed E-state index contributed by atoms with van der Waals surface area (Å²) in [6, 6.07) is 39.5. The van der Waals surface area contributed by atoms with Crippen LogP contribution in [-0.4, -0.2) is 14.1 Å². The van der Waals surface area contributed by atoms with Crippen LogP contribution in [0.4, 0.5) is 0 Å². The molecule has 0 N–H and O–H groups in total. The molecule has 0 amide bonds. The highest BCUT2D eigenvalue weighted by Crippen LogP contribution is 2.34. The third-order valence-electron chi connectivity index (χ3n) is 6.55. The summed E-state index contributed by atoms with van der Waals surface area (Å²) in [5.41, 5.74) is 4.85. The van der Waals surface area contributed by atoms with Gasteiger partial charge in [-0.1, -0.05) is 72.8 Å². The summed E-state index contributed by atoms with van der Waals surface area (Å²) in [5.74, 6) is 1.46. The largest absolute Gasteiger partial charge is 0.294 e. The fourth-order valence-corrected chi connectivity index (χ4v) is 5.13. The van der Waals surface area contributed by atoms with Crippen molar-refractivity contribution >= 4 is 43.6 Å². The predicted molar refractivity (Wildman–Crippen MR) is 138 cm³/mol. The lowest BCUT2D eigenvalue weighted by Crippen LogP contribution is -2.04. The number of pyridine rings is 1. The van der Waals surface area contributed by atoms with E-state index in [0.29, 0.717) is 5.56 Å². The molecule has 34 heavy (non-hydrogen) atoms. The minimum Gasteiger partial charge on any atom is -0.294 e. The van der Waals surface area contributed by atoms with Crippen LogP contribution in [0.3, 0.4) is 0 Å². The minimum absolute atomic E-state index is 0.573. The van der Waals surface area contributed by atoms with E-state index in [1.54, 1.807) is 0 Å². The van der Waals surface area contributed by atoms with Crippen LogP contribution < -0.4 is 0 Å². The molecule has 7 rings (SSSR count). The van der Waals surface area contributed by atoms with Gasteiger partial charge in [0.15, 0.2) is 0 Å². The Labute approximate surface area is 195 Å². The number of para-hydroxylation sites is 4. The zero-order valence-electron chi connectivity index (χ0n) is 18.2. The third kappa shape index (κ3) is 2.55. The lowest BCUT2D eigenvalue weighted by Gasteiger charge is -2.12. The Morgan fingerprint density at radius 1 is 0.500 bits per heavy atom. The van der Waals surface area contributed by atoms with Gasteiger partial charge in [-0.05, 0) is 36.4 Å². The summed E-state index contributed by atoms with van der Waals surface area (Å²) in [7, 11) is 0. The Bertz CT molecular complexity index is 1690. The molecule has 3 heterocycles. The molecule has 0 aliphatic carbocycles. The molecule has 0 spiro atoms. The van der Waals surface area contributed by atoms with Crippen molar-refractivity contribution in [2.75, 3.05) is 0 Å². The first-order valence-electron chi connectivity index (χ1n) is 11.2. The van der Waals surface area contributed by atoms with Gasteiger partial charge in [0.05, 0.1) is 33.7 Å². The Kier molecular flexibility index (Phi) is 3.88. The maximum Gasteiger partial charge on any atom is 0.141 e. The number of fused-ring (bicyclic) bond motifs is 6. The van der Waals surface area contributed by atoms with Crippen molar-refractivity contribution in [2.45, 2.75) is 0 Å². The zero-order valence-corrected chi connectivity index (χ0v) is 18.2. The molecular formula is C30H18N4. The summed E-state index contributed by atoms with van der Waals surface area (Å²) in [4.78, 5) is 5.14. The van der Waals surface area contributed by atoms with E-state index in [1.165, 1.54) is 21.5 Å². The first-order valence-corrected chi connectivity index (χ1v) is 11.2. The molecule has 158 valence electrons.